The van der Waals surface area contributed by atoms with E-state index in [1.54, 1.807) is 0 Å². The molecular formula is C23H35NO3SSi. The molecule has 0 unspecified atom stereocenters. The molecule has 1 N–H and O–H groups in total. The molecule has 4 nitrogen and oxygen atoms in total. The van der Waals surface area contributed by atoms with Gasteiger partial charge in [-0.1, -0.05) is 39.0 Å². The second-order valence-electron chi connectivity index (χ2n) is 9.52. The van der Waals surface area contributed by atoms with Crippen molar-refractivity contribution in [1.82, 2.24) is 0 Å². The van der Waals surface area contributed by atoms with Crippen LogP contribution in [-0.4, -0.2) is 33.0 Å². The summed E-state index contributed by atoms with van der Waals surface area (Å²) in [7, 11) is -1.73. The summed E-state index contributed by atoms with van der Waals surface area (Å²) < 4.78 is 13.1. The van der Waals surface area contributed by atoms with Crippen LogP contribution in [0.15, 0.2) is 24.3 Å². The molecule has 1 aliphatic carbocycles. The lowest BCUT2D eigenvalue weighted by Crippen LogP contribution is -2.45. The maximum absolute atomic E-state index is 12.5. The average molecular weight is 434 g/mol. The zero-order valence-corrected chi connectivity index (χ0v) is 20.4. The Labute approximate surface area is 180 Å². The molecule has 1 aromatic carbocycles. The van der Waals surface area contributed by atoms with Gasteiger partial charge in [0.2, 0.25) is 0 Å². The molecule has 3 rings (SSSR count). The van der Waals surface area contributed by atoms with Crippen LogP contribution in [0.25, 0.3) is 10.1 Å². The number of rotatable bonds is 6. The van der Waals surface area contributed by atoms with Crippen LogP contribution in [-0.2, 0) is 9.16 Å². The second-order valence-corrected chi connectivity index (χ2v) is 15.3. The fourth-order valence-corrected chi connectivity index (χ4v) is 6.13. The predicted molar refractivity (Wildman–Crippen MR) is 126 cm³/mol. The topological polar surface area (TPSA) is 47.6 Å². The zero-order chi connectivity index (χ0) is 21.2. The fourth-order valence-electron chi connectivity index (χ4n) is 3.65. The second kappa shape index (κ2) is 8.78. The molecule has 1 fully saturated rings. The van der Waals surface area contributed by atoms with Crippen LogP contribution < -0.4 is 5.32 Å². The third-order valence-corrected chi connectivity index (χ3v) is 12.0. The van der Waals surface area contributed by atoms with Crippen LogP contribution in [0.3, 0.4) is 0 Å². The molecule has 0 atom stereocenters. The standard InChI is InChI=1S/C23H35NO3SSi/c1-7-26-22(25)21-20(18-10-8-9-11-19(18)28-21)24-16-12-14-17(15-13-16)27-29(5,6)23(2,3)4/h8-11,16-17,24H,7,12-15H2,1-6H3. The number of hydrogen-bond donors (Lipinski definition) is 1. The highest BCUT2D eigenvalue weighted by atomic mass is 32.1. The average Bonchev–Trinajstić information content (AvgIpc) is 3.01. The highest BCUT2D eigenvalue weighted by molar-refractivity contribution is 7.21. The number of carbonyl (C=O) groups excluding carboxylic acids is 1. The van der Waals surface area contributed by atoms with E-state index in [-0.39, 0.29) is 11.0 Å². The highest BCUT2D eigenvalue weighted by Gasteiger charge is 2.40. The first-order chi connectivity index (χ1) is 13.6. The maximum atomic E-state index is 12.5. The number of esters is 1. The van der Waals surface area contributed by atoms with E-state index in [1.165, 1.54) is 11.3 Å². The van der Waals surface area contributed by atoms with Crippen molar-refractivity contribution in [2.75, 3.05) is 11.9 Å². The summed E-state index contributed by atoms with van der Waals surface area (Å²) in [6.07, 6.45) is 4.62. The van der Waals surface area contributed by atoms with Crippen LogP contribution in [0.5, 0.6) is 0 Å². The summed E-state index contributed by atoms with van der Waals surface area (Å²) in [5, 5.41) is 5.04. The minimum absolute atomic E-state index is 0.230. The number of benzene rings is 1. The quantitative estimate of drug-likeness (QED) is 0.401. The van der Waals surface area contributed by atoms with E-state index in [2.05, 4.69) is 51.3 Å². The number of hydrogen-bond acceptors (Lipinski definition) is 5. The van der Waals surface area contributed by atoms with Crippen molar-refractivity contribution in [2.45, 2.75) is 83.7 Å². The molecule has 1 saturated carbocycles. The molecule has 0 bridgehead atoms. The van der Waals surface area contributed by atoms with Crippen molar-refractivity contribution in [3.05, 3.63) is 29.1 Å². The van der Waals surface area contributed by atoms with E-state index in [9.17, 15) is 4.79 Å². The van der Waals surface area contributed by atoms with Crippen molar-refractivity contribution >= 4 is 41.4 Å². The smallest absolute Gasteiger partial charge is 0.350 e. The molecule has 2 aromatic rings. The third kappa shape index (κ3) is 5.04. The minimum atomic E-state index is -1.73. The molecule has 1 aliphatic rings. The monoisotopic (exact) mass is 433 g/mol. The van der Waals surface area contributed by atoms with Gasteiger partial charge in [0.15, 0.2) is 8.32 Å². The highest BCUT2D eigenvalue weighted by Crippen LogP contribution is 2.41. The zero-order valence-electron chi connectivity index (χ0n) is 18.6. The number of anilines is 1. The van der Waals surface area contributed by atoms with Gasteiger partial charge >= 0.3 is 5.97 Å². The first-order valence-corrected chi connectivity index (χ1v) is 14.5. The van der Waals surface area contributed by atoms with Crippen LogP contribution in [0.2, 0.25) is 18.1 Å². The van der Waals surface area contributed by atoms with Crippen molar-refractivity contribution < 1.29 is 14.0 Å². The van der Waals surface area contributed by atoms with Gasteiger partial charge in [-0.05, 0) is 56.8 Å². The van der Waals surface area contributed by atoms with Gasteiger partial charge in [0.05, 0.1) is 12.3 Å². The Balaban J connectivity index is 1.70. The summed E-state index contributed by atoms with van der Waals surface area (Å²) in [4.78, 5) is 13.2. The van der Waals surface area contributed by atoms with Gasteiger partial charge in [0.1, 0.15) is 4.88 Å². The van der Waals surface area contributed by atoms with Gasteiger partial charge in [-0.25, -0.2) is 4.79 Å². The van der Waals surface area contributed by atoms with E-state index in [4.69, 9.17) is 9.16 Å². The van der Waals surface area contributed by atoms with Gasteiger partial charge < -0.3 is 14.5 Å². The van der Waals surface area contributed by atoms with Crippen molar-refractivity contribution in [2.24, 2.45) is 0 Å². The Morgan fingerprint density at radius 1 is 1.17 bits per heavy atom. The van der Waals surface area contributed by atoms with Crippen molar-refractivity contribution in [3.8, 4) is 0 Å². The lowest BCUT2D eigenvalue weighted by atomic mass is 9.93. The van der Waals surface area contributed by atoms with E-state index >= 15 is 0 Å². The molecule has 1 aromatic heterocycles. The SMILES string of the molecule is CCOC(=O)c1sc2ccccc2c1NC1CCC(O[Si](C)(C)C(C)(C)C)CC1. The van der Waals surface area contributed by atoms with Gasteiger partial charge in [-0.15, -0.1) is 11.3 Å². The lowest BCUT2D eigenvalue weighted by molar-refractivity contribution is 0.0533. The van der Waals surface area contributed by atoms with E-state index in [0.717, 1.165) is 41.5 Å². The number of thiophene rings is 1. The number of carbonyl (C=O) groups is 1. The van der Waals surface area contributed by atoms with Gasteiger partial charge in [0, 0.05) is 22.2 Å². The third-order valence-electron chi connectivity index (χ3n) is 6.35. The van der Waals surface area contributed by atoms with Gasteiger partial charge in [-0.2, -0.15) is 0 Å². The summed E-state index contributed by atoms with van der Waals surface area (Å²) >= 11 is 1.52. The Kier molecular flexibility index (Phi) is 6.76. The molecule has 160 valence electrons. The molecule has 1 heterocycles. The minimum Gasteiger partial charge on any atom is -0.462 e. The summed E-state index contributed by atoms with van der Waals surface area (Å²) in [6, 6.07) is 8.56. The predicted octanol–water partition coefficient (Wildman–Crippen LogP) is 6.82. The Hall–Kier alpha value is -1.37. The summed E-state index contributed by atoms with van der Waals surface area (Å²) in [5.41, 5.74) is 0.942. The van der Waals surface area contributed by atoms with Crippen LogP contribution in [0.4, 0.5) is 5.69 Å². The molecule has 0 aliphatic heterocycles. The van der Waals surface area contributed by atoms with Crippen LogP contribution in [0, 0.1) is 0 Å². The van der Waals surface area contributed by atoms with Gasteiger partial charge in [0.25, 0.3) is 0 Å². The molecular weight excluding hydrogens is 398 g/mol. The normalized spacial score (nSPS) is 20.6. The molecule has 0 radical (unpaired) electrons. The Morgan fingerprint density at radius 2 is 1.83 bits per heavy atom. The first-order valence-electron chi connectivity index (χ1n) is 10.8. The van der Waals surface area contributed by atoms with E-state index in [0.29, 0.717) is 23.6 Å². The Bertz CT molecular complexity index is 847. The van der Waals surface area contributed by atoms with Crippen molar-refractivity contribution in [3.63, 3.8) is 0 Å². The number of fused-ring (bicyclic) bond motifs is 1. The van der Waals surface area contributed by atoms with E-state index in [1.807, 2.05) is 19.1 Å². The van der Waals surface area contributed by atoms with E-state index < -0.39 is 8.32 Å². The van der Waals surface area contributed by atoms with Gasteiger partial charge in [-0.3, -0.25) is 0 Å². The maximum Gasteiger partial charge on any atom is 0.350 e. The molecule has 0 spiro atoms. The summed E-state index contributed by atoms with van der Waals surface area (Å²) in [6.45, 7) is 13.8. The van der Waals surface area contributed by atoms with Crippen LogP contribution >= 0.6 is 11.3 Å². The van der Waals surface area contributed by atoms with Crippen LogP contribution in [0.1, 0.15) is 63.0 Å². The lowest BCUT2D eigenvalue weighted by Gasteiger charge is -2.41. The molecule has 29 heavy (non-hydrogen) atoms. The number of nitrogens with one attached hydrogen (secondary N) is 1. The molecule has 0 amide bonds. The Morgan fingerprint density at radius 3 is 2.45 bits per heavy atom. The molecule has 6 heteroatoms. The number of ether oxygens (including phenoxy) is 1. The first kappa shape index (κ1) is 22.3. The largest absolute Gasteiger partial charge is 0.462 e. The summed E-state index contributed by atoms with van der Waals surface area (Å²) in [5.74, 6) is -0.230. The van der Waals surface area contributed by atoms with Crippen molar-refractivity contribution in [1.29, 1.82) is 0 Å². The molecule has 0 saturated heterocycles. The fraction of sp³-hybridized carbons (Fsp3) is 0.609.